The number of hydrogen-bond acceptors (Lipinski definition) is 2. The number of hydrogen-bond donors (Lipinski definition) is 2. The summed E-state index contributed by atoms with van der Waals surface area (Å²) in [4.78, 5) is 24.6. The van der Waals surface area contributed by atoms with Crippen molar-refractivity contribution in [2.45, 2.75) is 45.6 Å². The summed E-state index contributed by atoms with van der Waals surface area (Å²) < 4.78 is 0. The number of likely N-dealkylation sites (tertiary alicyclic amines) is 1. The van der Waals surface area contributed by atoms with Crippen molar-refractivity contribution in [3.05, 3.63) is 0 Å². The van der Waals surface area contributed by atoms with Gasteiger partial charge in [0, 0.05) is 25.0 Å². The Morgan fingerprint density at radius 2 is 2.00 bits per heavy atom. The predicted octanol–water partition coefficient (Wildman–Crippen LogP) is 1.93. The van der Waals surface area contributed by atoms with Crippen LogP contribution in [0.15, 0.2) is 0 Å². The standard InChI is InChI=1S/C14H24N2O3/c1-9-4-3-5-12(6-9)15-14(19)16-7-11(8-16)10(2)13(17)18/h9-12H,3-8H2,1-2H3,(H,15,19)(H,17,18). The molecule has 5 heteroatoms. The van der Waals surface area contributed by atoms with Crippen LogP contribution in [0.2, 0.25) is 0 Å². The van der Waals surface area contributed by atoms with Crippen LogP contribution in [0.5, 0.6) is 0 Å². The van der Waals surface area contributed by atoms with Gasteiger partial charge in [-0.2, -0.15) is 0 Å². The van der Waals surface area contributed by atoms with Crippen LogP contribution in [0, 0.1) is 17.8 Å². The molecule has 0 radical (unpaired) electrons. The Bertz CT molecular complexity index is 353. The van der Waals surface area contributed by atoms with Gasteiger partial charge in [-0.05, 0) is 18.8 Å². The molecule has 1 aliphatic heterocycles. The fourth-order valence-corrected chi connectivity index (χ4v) is 3.03. The fraction of sp³-hybridized carbons (Fsp3) is 0.857. The highest BCUT2D eigenvalue weighted by molar-refractivity contribution is 5.76. The van der Waals surface area contributed by atoms with Gasteiger partial charge < -0.3 is 15.3 Å². The van der Waals surface area contributed by atoms with Crippen molar-refractivity contribution in [1.29, 1.82) is 0 Å². The fourth-order valence-electron chi connectivity index (χ4n) is 3.03. The van der Waals surface area contributed by atoms with Crippen molar-refractivity contribution < 1.29 is 14.7 Å². The molecule has 1 heterocycles. The molecule has 1 saturated heterocycles. The lowest BCUT2D eigenvalue weighted by Crippen LogP contribution is -2.58. The van der Waals surface area contributed by atoms with Crippen LogP contribution in [0.25, 0.3) is 0 Å². The van der Waals surface area contributed by atoms with E-state index in [0.717, 1.165) is 12.8 Å². The largest absolute Gasteiger partial charge is 0.481 e. The molecule has 3 atom stereocenters. The van der Waals surface area contributed by atoms with Crippen LogP contribution in [0.3, 0.4) is 0 Å². The second-order valence-electron chi connectivity index (χ2n) is 6.21. The molecule has 0 aromatic rings. The van der Waals surface area contributed by atoms with Gasteiger partial charge >= 0.3 is 12.0 Å². The summed E-state index contributed by atoms with van der Waals surface area (Å²) >= 11 is 0. The van der Waals surface area contributed by atoms with Gasteiger partial charge in [-0.15, -0.1) is 0 Å². The van der Waals surface area contributed by atoms with E-state index in [1.165, 1.54) is 12.8 Å². The highest BCUT2D eigenvalue weighted by Crippen LogP contribution is 2.26. The molecule has 0 aromatic heterocycles. The van der Waals surface area contributed by atoms with E-state index in [4.69, 9.17) is 5.11 Å². The average molecular weight is 268 g/mol. The first kappa shape index (κ1) is 14.2. The van der Waals surface area contributed by atoms with Crippen LogP contribution in [-0.4, -0.2) is 41.1 Å². The molecule has 2 N–H and O–H groups in total. The summed E-state index contributed by atoms with van der Waals surface area (Å²) in [6, 6.07) is 0.278. The van der Waals surface area contributed by atoms with E-state index in [1.54, 1.807) is 11.8 Å². The minimum absolute atomic E-state index is 0.0204. The van der Waals surface area contributed by atoms with Crippen molar-refractivity contribution in [2.24, 2.45) is 17.8 Å². The van der Waals surface area contributed by atoms with Gasteiger partial charge in [0.15, 0.2) is 0 Å². The molecule has 2 aliphatic rings. The van der Waals surface area contributed by atoms with Crippen LogP contribution < -0.4 is 5.32 Å². The lowest BCUT2D eigenvalue weighted by atomic mass is 9.86. The van der Waals surface area contributed by atoms with Crippen LogP contribution in [0.1, 0.15) is 39.5 Å². The molecule has 108 valence electrons. The number of carboxylic acid groups (broad SMARTS) is 1. The molecule has 19 heavy (non-hydrogen) atoms. The second-order valence-corrected chi connectivity index (χ2v) is 6.21. The number of carboxylic acids is 1. The van der Waals surface area contributed by atoms with Gasteiger partial charge in [0.25, 0.3) is 0 Å². The maximum absolute atomic E-state index is 12.0. The van der Waals surface area contributed by atoms with Crippen molar-refractivity contribution in [1.82, 2.24) is 10.2 Å². The van der Waals surface area contributed by atoms with Gasteiger partial charge in [0.05, 0.1) is 5.92 Å². The Hall–Kier alpha value is -1.26. The number of carbonyl (C=O) groups excluding carboxylic acids is 1. The van der Waals surface area contributed by atoms with Crippen LogP contribution in [-0.2, 0) is 4.79 Å². The lowest BCUT2D eigenvalue weighted by molar-refractivity contribution is -0.144. The summed E-state index contributed by atoms with van der Waals surface area (Å²) in [6.07, 6.45) is 4.58. The van der Waals surface area contributed by atoms with Crippen LogP contribution >= 0.6 is 0 Å². The highest BCUT2D eigenvalue weighted by Gasteiger charge is 2.37. The van der Waals surface area contributed by atoms with E-state index < -0.39 is 5.97 Å². The Kier molecular flexibility index (Phi) is 4.32. The number of rotatable bonds is 3. The van der Waals surface area contributed by atoms with E-state index in [9.17, 15) is 9.59 Å². The molecular weight excluding hydrogens is 244 g/mol. The molecule has 0 spiro atoms. The first-order valence-corrected chi connectivity index (χ1v) is 7.25. The molecule has 2 amide bonds. The summed E-state index contributed by atoms with van der Waals surface area (Å²) in [5.41, 5.74) is 0. The molecule has 2 fully saturated rings. The Balaban J connectivity index is 1.72. The molecule has 1 aliphatic carbocycles. The number of aliphatic carboxylic acids is 1. The first-order chi connectivity index (χ1) is 8.97. The van der Waals surface area contributed by atoms with E-state index in [-0.39, 0.29) is 17.9 Å². The first-order valence-electron chi connectivity index (χ1n) is 7.25. The van der Waals surface area contributed by atoms with Crippen LogP contribution in [0.4, 0.5) is 4.79 Å². The van der Waals surface area contributed by atoms with E-state index in [2.05, 4.69) is 12.2 Å². The summed E-state index contributed by atoms with van der Waals surface area (Å²) in [5, 5.41) is 12.0. The van der Waals surface area contributed by atoms with Gasteiger partial charge in [-0.1, -0.05) is 26.7 Å². The van der Waals surface area contributed by atoms with Gasteiger partial charge in [0.2, 0.25) is 0 Å². The van der Waals surface area contributed by atoms with E-state index in [1.807, 2.05) is 0 Å². The number of carbonyl (C=O) groups is 2. The second kappa shape index (κ2) is 5.80. The number of nitrogens with zero attached hydrogens (tertiary/aromatic N) is 1. The summed E-state index contributed by atoms with van der Waals surface area (Å²) in [6.45, 7) is 5.08. The zero-order chi connectivity index (χ0) is 14.0. The zero-order valence-electron chi connectivity index (χ0n) is 11.8. The maximum Gasteiger partial charge on any atom is 0.317 e. The third kappa shape index (κ3) is 3.39. The maximum atomic E-state index is 12.0. The molecule has 0 aromatic carbocycles. The third-order valence-electron chi connectivity index (χ3n) is 4.56. The van der Waals surface area contributed by atoms with Gasteiger partial charge in [0.1, 0.15) is 0 Å². The highest BCUT2D eigenvalue weighted by atomic mass is 16.4. The SMILES string of the molecule is CC1CCCC(NC(=O)N2CC(C(C)C(=O)O)C2)C1. The minimum atomic E-state index is -0.772. The number of nitrogens with one attached hydrogen (secondary N) is 1. The Labute approximate surface area is 114 Å². The minimum Gasteiger partial charge on any atom is -0.481 e. The van der Waals surface area contributed by atoms with Crippen molar-refractivity contribution >= 4 is 12.0 Å². The molecule has 2 rings (SSSR count). The monoisotopic (exact) mass is 268 g/mol. The molecule has 5 nitrogen and oxygen atoms in total. The van der Waals surface area contributed by atoms with Crippen molar-refractivity contribution in [3.63, 3.8) is 0 Å². The van der Waals surface area contributed by atoms with E-state index >= 15 is 0 Å². The zero-order valence-corrected chi connectivity index (χ0v) is 11.8. The lowest BCUT2D eigenvalue weighted by Gasteiger charge is -2.42. The van der Waals surface area contributed by atoms with Crippen molar-refractivity contribution in [3.8, 4) is 0 Å². The summed E-state index contributed by atoms with van der Waals surface area (Å²) in [5.74, 6) is -0.339. The van der Waals surface area contributed by atoms with E-state index in [0.29, 0.717) is 25.0 Å². The normalized spacial score (nSPS) is 29.5. The summed E-state index contributed by atoms with van der Waals surface area (Å²) in [7, 11) is 0. The quantitative estimate of drug-likeness (QED) is 0.821. The molecule has 1 saturated carbocycles. The average Bonchev–Trinajstić information content (AvgIpc) is 2.26. The molecule has 0 bridgehead atoms. The number of urea groups is 1. The topological polar surface area (TPSA) is 69.6 Å². The van der Waals surface area contributed by atoms with Gasteiger partial charge in [-0.25, -0.2) is 4.79 Å². The molecule has 3 unspecified atom stereocenters. The van der Waals surface area contributed by atoms with Gasteiger partial charge in [-0.3, -0.25) is 4.79 Å². The smallest absolute Gasteiger partial charge is 0.317 e. The number of amides is 2. The predicted molar refractivity (Wildman–Crippen MR) is 71.8 cm³/mol. The third-order valence-corrected chi connectivity index (χ3v) is 4.56. The molecular formula is C14H24N2O3. The van der Waals surface area contributed by atoms with Crippen molar-refractivity contribution in [2.75, 3.05) is 13.1 Å². The Morgan fingerprint density at radius 1 is 1.32 bits per heavy atom. The Morgan fingerprint density at radius 3 is 2.58 bits per heavy atom.